The van der Waals surface area contributed by atoms with Crippen LogP contribution in [-0.2, 0) is 0 Å². The molecule has 0 spiro atoms. The van der Waals surface area contributed by atoms with Gasteiger partial charge in [0.15, 0.2) is 0 Å². The number of nitrogens with one attached hydrogen (secondary N) is 2. The fraction of sp³-hybridized carbons (Fsp3) is 0.133. The quantitative estimate of drug-likeness (QED) is 0.796. The van der Waals surface area contributed by atoms with Gasteiger partial charge in [0.2, 0.25) is 0 Å². The highest BCUT2D eigenvalue weighted by Gasteiger charge is 2.08. The van der Waals surface area contributed by atoms with E-state index in [0.717, 1.165) is 11.6 Å². The molecule has 2 aromatic rings. The average Bonchev–Trinajstić information content (AvgIpc) is 2.43. The highest BCUT2D eigenvalue weighted by molar-refractivity contribution is 6.33. The number of anilines is 2. The zero-order valence-electron chi connectivity index (χ0n) is 11.2. The Morgan fingerprint density at radius 2 is 1.86 bits per heavy atom. The predicted molar refractivity (Wildman–Crippen MR) is 81.1 cm³/mol. The van der Waals surface area contributed by atoms with Gasteiger partial charge in [0.1, 0.15) is 5.82 Å². The number of aliphatic hydroxyl groups is 1. The Bertz CT molecular complexity index is 645. The summed E-state index contributed by atoms with van der Waals surface area (Å²) < 4.78 is 13.1. The summed E-state index contributed by atoms with van der Waals surface area (Å²) in [6.45, 7) is 1.65. The van der Waals surface area contributed by atoms with Crippen LogP contribution < -0.4 is 10.6 Å². The number of rotatable bonds is 3. The third kappa shape index (κ3) is 4.18. The number of hydrogen-bond donors (Lipinski definition) is 3. The smallest absolute Gasteiger partial charge is 0.323 e. The van der Waals surface area contributed by atoms with Crippen LogP contribution in [0.2, 0.25) is 5.02 Å². The third-order valence-electron chi connectivity index (χ3n) is 2.83. The second-order valence-electron chi connectivity index (χ2n) is 4.50. The van der Waals surface area contributed by atoms with Gasteiger partial charge in [-0.15, -0.1) is 0 Å². The Labute approximate surface area is 126 Å². The van der Waals surface area contributed by atoms with Gasteiger partial charge < -0.3 is 15.7 Å². The van der Waals surface area contributed by atoms with Gasteiger partial charge in [0.05, 0.1) is 16.8 Å². The van der Waals surface area contributed by atoms with E-state index in [9.17, 15) is 14.3 Å². The summed E-state index contributed by atoms with van der Waals surface area (Å²) in [7, 11) is 0. The maximum absolute atomic E-state index is 13.1. The zero-order valence-corrected chi connectivity index (χ0v) is 12.0. The minimum Gasteiger partial charge on any atom is -0.389 e. The molecular weight excluding hydrogens is 295 g/mol. The first-order chi connectivity index (χ1) is 9.95. The topological polar surface area (TPSA) is 61.4 Å². The van der Waals surface area contributed by atoms with E-state index >= 15 is 0 Å². The first-order valence-corrected chi connectivity index (χ1v) is 6.64. The average molecular weight is 309 g/mol. The van der Waals surface area contributed by atoms with Crippen molar-refractivity contribution in [2.24, 2.45) is 0 Å². The maximum Gasteiger partial charge on any atom is 0.323 e. The normalized spacial score (nSPS) is 11.8. The molecule has 0 heterocycles. The molecule has 0 aliphatic rings. The van der Waals surface area contributed by atoms with Gasteiger partial charge in [0, 0.05) is 5.69 Å². The van der Waals surface area contributed by atoms with Crippen LogP contribution in [0.3, 0.4) is 0 Å². The lowest BCUT2D eigenvalue weighted by Crippen LogP contribution is -2.19. The molecule has 0 bridgehead atoms. The molecule has 0 saturated heterocycles. The summed E-state index contributed by atoms with van der Waals surface area (Å²) in [5.41, 5.74) is 1.48. The van der Waals surface area contributed by atoms with Gasteiger partial charge in [-0.05, 0) is 42.8 Å². The Balaban J connectivity index is 2.03. The van der Waals surface area contributed by atoms with Crippen LogP contribution in [0.15, 0.2) is 42.5 Å². The van der Waals surface area contributed by atoms with Crippen molar-refractivity contribution in [2.45, 2.75) is 13.0 Å². The first-order valence-electron chi connectivity index (χ1n) is 6.27. The van der Waals surface area contributed by atoms with E-state index in [1.165, 1.54) is 12.1 Å². The van der Waals surface area contributed by atoms with Crippen molar-refractivity contribution in [2.75, 3.05) is 10.6 Å². The van der Waals surface area contributed by atoms with Crippen molar-refractivity contribution in [1.82, 2.24) is 0 Å². The number of benzene rings is 2. The lowest BCUT2D eigenvalue weighted by Gasteiger charge is -2.10. The lowest BCUT2D eigenvalue weighted by molar-refractivity contribution is 0.199. The van der Waals surface area contributed by atoms with Crippen molar-refractivity contribution in [3.8, 4) is 0 Å². The van der Waals surface area contributed by atoms with Crippen molar-refractivity contribution in [1.29, 1.82) is 0 Å². The largest absolute Gasteiger partial charge is 0.389 e. The molecule has 2 amide bonds. The molecule has 0 aliphatic carbocycles. The summed E-state index contributed by atoms with van der Waals surface area (Å²) in [5, 5.41) is 14.7. The molecule has 6 heteroatoms. The molecule has 0 fully saturated rings. The standard InChI is InChI=1S/C15H14ClFN2O2/c1-9(20)10-2-5-12(6-3-10)18-15(21)19-14-8-11(17)4-7-13(14)16/h2-9,20H,1H3,(H2,18,19,21). The van der Waals surface area contributed by atoms with E-state index in [2.05, 4.69) is 10.6 Å². The number of urea groups is 1. The molecule has 110 valence electrons. The van der Waals surface area contributed by atoms with E-state index in [4.69, 9.17) is 11.6 Å². The van der Waals surface area contributed by atoms with Gasteiger partial charge in [-0.1, -0.05) is 23.7 Å². The van der Waals surface area contributed by atoms with Crippen molar-refractivity contribution in [3.05, 3.63) is 58.9 Å². The second kappa shape index (κ2) is 6.56. The minimum atomic E-state index is -0.570. The molecule has 0 aliphatic heterocycles. The van der Waals surface area contributed by atoms with Gasteiger partial charge >= 0.3 is 6.03 Å². The maximum atomic E-state index is 13.1. The van der Waals surface area contributed by atoms with Gasteiger partial charge in [-0.3, -0.25) is 0 Å². The highest BCUT2D eigenvalue weighted by Crippen LogP contribution is 2.23. The lowest BCUT2D eigenvalue weighted by atomic mass is 10.1. The van der Waals surface area contributed by atoms with Crippen LogP contribution >= 0.6 is 11.6 Å². The molecule has 0 saturated carbocycles. The Hall–Kier alpha value is -2.11. The van der Waals surface area contributed by atoms with Gasteiger partial charge in [-0.25, -0.2) is 9.18 Å². The van der Waals surface area contributed by atoms with Crippen LogP contribution in [-0.4, -0.2) is 11.1 Å². The summed E-state index contributed by atoms with van der Waals surface area (Å²) >= 11 is 5.86. The summed E-state index contributed by atoms with van der Waals surface area (Å²) in [6, 6.07) is 9.91. The Morgan fingerprint density at radius 3 is 2.48 bits per heavy atom. The molecule has 2 rings (SSSR count). The summed E-state index contributed by atoms with van der Waals surface area (Å²) in [4.78, 5) is 11.8. The molecule has 3 N–H and O–H groups in total. The molecule has 0 radical (unpaired) electrons. The van der Waals surface area contributed by atoms with Crippen molar-refractivity contribution in [3.63, 3.8) is 0 Å². The van der Waals surface area contributed by atoms with Crippen LogP contribution in [0.4, 0.5) is 20.6 Å². The Kier molecular flexibility index (Phi) is 4.77. The number of hydrogen-bond acceptors (Lipinski definition) is 2. The monoisotopic (exact) mass is 308 g/mol. The molecule has 0 aromatic heterocycles. The molecule has 1 atom stereocenters. The van der Waals surface area contributed by atoms with E-state index in [1.807, 2.05) is 0 Å². The number of carbonyl (C=O) groups is 1. The second-order valence-corrected chi connectivity index (χ2v) is 4.91. The minimum absolute atomic E-state index is 0.190. The molecular formula is C15H14ClFN2O2. The Morgan fingerprint density at radius 1 is 1.19 bits per heavy atom. The number of amides is 2. The molecule has 2 aromatic carbocycles. The van der Waals surface area contributed by atoms with Crippen LogP contribution in [0.1, 0.15) is 18.6 Å². The number of carbonyl (C=O) groups excluding carboxylic acids is 1. The van der Waals surface area contributed by atoms with Gasteiger partial charge in [0.25, 0.3) is 0 Å². The van der Waals surface area contributed by atoms with E-state index < -0.39 is 18.0 Å². The van der Waals surface area contributed by atoms with Crippen molar-refractivity contribution < 1.29 is 14.3 Å². The zero-order chi connectivity index (χ0) is 15.4. The molecule has 21 heavy (non-hydrogen) atoms. The van der Waals surface area contributed by atoms with E-state index in [1.54, 1.807) is 31.2 Å². The van der Waals surface area contributed by atoms with E-state index in [0.29, 0.717) is 5.69 Å². The molecule has 1 unspecified atom stereocenters. The SMILES string of the molecule is CC(O)c1ccc(NC(=O)Nc2cc(F)ccc2Cl)cc1. The first kappa shape index (κ1) is 15.3. The van der Waals surface area contributed by atoms with Crippen molar-refractivity contribution >= 4 is 29.0 Å². The fourth-order valence-corrected chi connectivity index (χ4v) is 1.89. The highest BCUT2D eigenvalue weighted by atomic mass is 35.5. The summed E-state index contributed by atoms with van der Waals surface area (Å²) in [5.74, 6) is -0.490. The molecule has 4 nitrogen and oxygen atoms in total. The number of aliphatic hydroxyl groups excluding tert-OH is 1. The predicted octanol–water partition coefficient (Wildman–Crippen LogP) is 4.18. The van der Waals surface area contributed by atoms with Crippen LogP contribution in [0, 0.1) is 5.82 Å². The van der Waals surface area contributed by atoms with Gasteiger partial charge in [-0.2, -0.15) is 0 Å². The number of halogens is 2. The summed E-state index contributed by atoms with van der Waals surface area (Å²) in [6.07, 6.45) is -0.570. The van der Waals surface area contributed by atoms with E-state index in [-0.39, 0.29) is 10.7 Å². The van der Waals surface area contributed by atoms with Crippen LogP contribution in [0.25, 0.3) is 0 Å². The fourth-order valence-electron chi connectivity index (χ4n) is 1.72. The van der Waals surface area contributed by atoms with Crippen LogP contribution in [0.5, 0.6) is 0 Å². The third-order valence-corrected chi connectivity index (χ3v) is 3.16.